The second-order valence-electron chi connectivity index (χ2n) is 8.51. The van der Waals surface area contributed by atoms with E-state index in [4.69, 9.17) is 4.74 Å². The van der Waals surface area contributed by atoms with E-state index in [9.17, 15) is 13.2 Å². The van der Waals surface area contributed by atoms with Gasteiger partial charge in [-0.1, -0.05) is 19.9 Å². The van der Waals surface area contributed by atoms with Gasteiger partial charge in [-0.25, -0.2) is 8.42 Å². The quantitative estimate of drug-likeness (QED) is 0.830. The summed E-state index contributed by atoms with van der Waals surface area (Å²) < 4.78 is 33.4. The van der Waals surface area contributed by atoms with Crippen molar-refractivity contribution < 1.29 is 17.9 Å². The van der Waals surface area contributed by atoms with Crippen molar-refractivity contribution in [1.82, 2.24) is 9.62 Å². The minimum absolute atomic E-state index is 0.0923. The normalized spacial score (nSPS) is 19.1. The van der Waals surface area contributed by atoms with E-state index in [0.717, 1.165) is 5.56 Å². The molecule has 152 valence electrons. The summed E-state index contributed by atoms with van der Waals surface area (Å²) in [6.07, 6.45) is 1.35. The highest BCUT2D eigenvalue weighted by Crippen LogP contribution is 2.32. The molecule has 1 amide bonds. The Morgan fingerprint density at radius 2 is 1.96 bits per heavy atom. The Kier molecular flexibility index (Phi) is 6.58. The molecule has 1 aromatic rings. The standard InChI is InChI=1S/C20H32N2O4S/c1-14(2)15-9-10-17(26-6)18(12-15)27(24,25)22-11-7-8-16(13-22)19(23)21-20(3,4)5/h9-10,12,14,16H,7-8,11,13H2,1-6H3,(H,21,23)/t16-/m1/s1. The largest absolute Gasteiger partial charge is 0.495 e. The van der Waals surface area contributed by atoms with Crippen molar-refractivity contribution in [3.63, 3.8) is 0 Å². The van der Waals surface area contributed by atoms with Crippen LogP contribution >= 0.6 is 0 Å². The number of carbonyl (C=O) groups excluding carboxylic acids is 1. The minimum Gasteiger partial charge on any atom is -0.495 e. The van der Waals surface area contributed by atoms with E-state index in [1.807, 2.05) is 40.7 Å². The van der Waals surface area contributed by atoms with Crippen LogP contribution in [0.25, 0.3) is 0 Å². The number of benzene rings is 1. The molecule has 2 rings (SSSR count). The molecule has 0 spiro atoms. The van der Waals surface area contributed by atoms with Crippen LogP contribution in [0, 0.1) is 5.92 Å². The van der Waals surface area contributed by atoms with Crippen LogP contribution < -0.4 is 10.1 Å². The molecule has 1 N–H and O–H groups in total. The van der Waals surface area contributed by atoms with Crippen LogP contribution in [0.5, 0.6) is 5.75 Å². The average molecular weight is 397 g/mol. The second kappa shape index (κ2) is 8.19. The maximum Gasteiger partial charge on any atom is 0.246 e. The van der Waals surface area contributed by atoms with Crippen molar-refractivity contribution in [3.8, 4) is 5.75 Å². The summed E-state index contributed by atoms with van der Waals surface area (Å²) in [6, 6.07) is 5.28. The molecule has 1 atom stereocenters. The van der Waals surface area contributed by atoms with E-state index in [0.29, 0.717) is 25.1 Å². The molecule has 7 heteroatoms. The van der Waals surface area contributed by atoms with Gasteiger partial charge in [0.15, 0.2) is 0 Å². The summed E-state index contributed by atoms with van der Waals surface area (Å²) in [4.78, 5) is 12.7. The van der Waals surface area contributed by atoms with Gasteiger partial charge in [0, 0.05) is 18.6 Å². The van der Waals surface area contributed by atoms with Gasteiger partial charge in [-0.2, -0.15) is 4.31 Å². The summed E-state index contributed by atoms with van der Waals surface area (Å²) in [5, 5.41) is 2.96. The maximum atomic E-state index is 13.3. The summed E-state index contributed by atoms with van der Waals surface area (Å²) in [6.45, 7) is 10.4. The van der Waals surface area contributed by atoms with Gasteiger partial charge >= 0.3 is 0 Å². The molecule has 1 aliphatic heterocycles. The van der Waals surface area contributed by atoms with Crippen LogP contribution in [0.3, 0.4) is 0 Å². The second-order valence-corrected chi connectivity index (χ2v) is 10.4. The Morgan fingerprint density at radius 1 is 1.30 bits per heavy atom. The van der Waals surface area contributed by atoms with Crippen LogP contribution in [0.1, 0.15) is 58.9 Å². The Hall–Kier alpha value is -1.60. The zero-order valence-corrected chi connectivity index (χ0v) is 18.0. The predicted octanol–water partition coefficient (Wildman–Crippen LogP) is 3.13. The lowest BCUT2D eigenvalue weighted by atomic mass is 9.97. The van der Waals surface area contributed by atoms with Crippen molar-refractivity contribution in [1.29, 1.82) is 0 Å². The molecular weight excluding hydrogens is 364 g/mol. The first-order valence-corrected chi connectivity index (χ1v) is 10.9. The molecule has 0 radical (unpaired) electrons. The zero-order chi connectivity index (χ0) is 20.4. The maximum absolute atomic E-state index is 13.3. The molecule has 1 heterocycles. The smallest absolute Gasteiger partial charge is 0.246 e. The fourth-order valence-corrected chi connectivity index (χ4v) is 4.95. The first kappa shape index (κ1) is 21.7. The number of nitrogens with one attached hydrogen (secondary N) is 1. The summed E-state index contributed by atoms with van der Waals surface area (Å²) in [7, 11) is -2.27. The fraction of sp³-hybridized carbons (Fsp3) is 0.650. The molecule has 0 unspecified atom stereocenters. The Morgan fingerprint density at radius 3 is 2.52 bits per heavy atom. The van der Waals surface area contributed by atoms with Crippen molar-refractivity contribution in [3.05, 3.63) is 23.8 Å². The molecule has 0 saturated carbocycles. The number of ether oxygens (including phenoxy) is 1. The van der Waals surface area contributed by atoms with Crippen LogP contribution in [-0.4, -0.2) is 44.4 Å². The third-order valence-corrected chi connectivity index (χ3v) is 6.61. The molecule has 0 aromatic heterocycles. The van der Waals surface area contributed by atoms with Crippen molar-refractivity contribution in [2.24, 2.45) is 5.92 Å². The number of sulfonamides is 1. The van der Waals surface area contributed by atoms with E-state index in [1.165, 1.54) is 11.4 Å². The average Bonchev–Trinajstić information content (AvgIpc) is 2.59. The van der Waals surface area contributed by atoms with Gasteiger partial charge in [-0.15, -0.1) is 0 Å². The molecule has 6 nitrogen and oxygen atoms in total. The van der Waals surface area contributed by atoms with E-state index in [2.05, 4.69) is 5.32 Å². The highest BCUT2D eigenvalue weighted by molar-refractivity contribution is 7.89. The van der Waals surface area contributed by atoms with E-state index in [1.54, 1.807) is 12.1 Å². The van der Waals surface area contributed by atoms with E-state index in [-0.39, 0.29) is 34.7 Å². The number of nitrogens with zero attached hydrogens (tertiary/aromatic N) is 1. The molecule has 1 aliphatic rings. The third-order valence-electron chi connectivity index (χ3n) is 4.73. The minimum atomic E-state index is -3.74. The van der Waals surface area contributed by atoms with Gasteiger partial charge in [-0.05, 0) is 57.2 Å². The first-order valence-electron chi connectivity index (χ1n) is 9.46. The van der Waals surface area contributed by atoms with Crippen molar-refractivity contribution in [2.75, 3.05) is 20.2 Å². The number of piperidine rings is 1. The van der Waals surface area contributed by atoms with E-state index < -0.39 is 10.0 Å². The molecule has 1 aromatic carbocycles. The Bertz CT molecular complexity index is 782. The Labute approximate surface area is 163 Å². The lowest BCUT2D eigenvalue weighted by molar-refractivity contribution is -0.127. The van der Waals surface area contributed by atoms with Crippen LogP contribution in [0.15, 0.2) is 23.1 Å². The summed E-state index contributed by atoms with van der Waals surface area (Å²) in [5.74, 6) is 0.106. The number of rotatable bonds is 5. The number of hydrogen-bond acceptors (Lipinski definition) is 4. The molecule has 0 aliphatic carbocycles. The van der Waals surface area contributed by atoms with Gasteiger partial charge < -0.3 is 10.1 Å². The Balaban J connectivity index is 2.31. The monoisotopic (exact) mass is 396 g/mol. The lowest BCUT2D eigenvalue weighted by Gasteiger charge is -2.33. The molecule has 1 saturated heterocycles. The fourth-order valence-electron chi connectivity index (χ4n) is 3.24. The van der Waals surface area contributed by atoms with Crippen LogP contribution in [-0.2, 0) is 14.8 Å². The molecule has 27 heavy (non-hydrogen) atoms. The lowest BCUT2D eigenvalue weighted by Crippen LogP contribution is -2.49. The van der Waals surface area contributed by atoms with E-state index >= 15 is 0 Å². The van der Waals surface area contributed by atoms with Crippen molar-refractivity contribution >= 4 is 15.9 Å². The number of carbonyl (C=O) groups is 1. The van der Waals surface area contributed by atoms with Gasteiger partial charge in [0.1, 0.15) is 10.6 Å². The van der Waals surface area contributed by atoms with Gasteiger partial charge in [-0.3, -0.25) is 4.79 Å². The van der Waals surface area contributed by atoms with Gasteiger partial charge in [0.05, 0.1) is 13.0 Å². The van der Waals surface area contributed by atoms with Crippen LogP contribution in [0.4, 0.5) is 0 Å². The summed E-state index contributed by atoms with van der Waals surface area (Å²) >= 11 is 0. The summed E-state index contributed by atoms with van der Waals surface area (Å²) in [5.41, 5.74) is 0.598. The zero-order valence-electron chi connectivity index (χ0n) is 17.2. The first-order chi connectivity index (χ1) is 12.5. The van der Waals surface area contributed by atoms with Gasteiger partial charge in [0.25, 0.3) is 0 Å². The highest BCUT2D eigenvalue weighted by Gasteiger charge is 2.35. The topological polar surface area (TPSA) is 75.7 Å². The number of methoxy groups -OCH3 is 1. The third kappa shape index (κ3) is 5.23. The number of hydrogen-bond donors (Lipinski definition) is 1. The van der Waals surface area contributed by atoms with Crippen LogP contribution in [0.2, 0.25) is 0 Å². The number of amides is 1. The SMILES string of the molecule is COc1ccc(C(C)C)cc1S(=O)(=O)N1CCC[C@@H](C(=O)NC(C)(C)C)C1. The van der Waals surface area contributed by atoms with Gasteiger partial charge in [0.2, 0.25) is 15.9 Å². The molecular formula is C20H32N2O4S. The molecule has 1 fully saturated rings. The predicted molar refractivity (Wildman–Crippen MR) is 106 cm³/mol. The highest BCUT2D eigenvalue weighted by atomic mass is 32.2. The molecule has 0 bridgehead atoms. The van der Waals surface area contributed by atoms with Crippen molar-refractivity contribution in [2.45, 2.75) is 63.8 Å².